The second-order valence-electron chi connectivity index (χ2n) is 8.17. The summed E-state index contributed by atoms with van der Waals surface area (Å²) in [6.45, 7) is 1.48. The molecule has 4 aromatic rings. The maximum absolute atomic E-state index is 13.0. The van der Waals surface area contributed by atoms with E-state index in [0.717, 1.165) is 60.1 Å². The largest absolute Gasteiger partial charge is 0.494 e. The van der Waals surface area contributed by atoms with E-state index in [9.17, 15) is 4.79 Å². The minimum atomic E-state index is -0.0249. The van der Waals surface area contributed by atoms with Gasteiger partial charge < -0.3 is 14.0 Å². The minimum absolute atomic E-state index is 0.0249. The van der Waals surface area contributed by atoms with E-state index in [0.29, 0.717) is 17.9 Å². The molecular weight excluding hydrogens is 404 g/mol. The van der Waals surface area contributed by atoms with Crippen LogP contribution in [0.3, 0.4) is 0 Å². The molecule has 0 saturated carbocycles. The lowest BCUT2D eigenvalue weighted by molar-refractivity contribution is 0.0835. The molecule has 32 heavy (non-hydrogen) atoms. The van der Waals surface area contributed by atoms with Gasteiger partial charge in [0, 0.05) is 56.3 Å². The van der Waals surface area contributed by atoms with Crippen molar-refractivity contribution in [3.8, 4) is 17.0 Å². The molecule has 0 amide bonds. The lowest BCUT2D eigenvalue weighted by Crippen LogP contribution is -2.24. The molecule has 0 atom stereocenters. The number of rotatable bonds is 5. The number of fused-ring (bicyclic) bond motifs is 1. The number of imidazole rings is 1. The van der Waals surface area contributed by atoms with Gasteiger partial charge in [-0.15, -0.1) is 0 Å². The first-order chi connectivity index (χ1) is 15.7. The molecule has 0 aliphatic carbocycles. The molecule has 0 spiro atoms. The van der Waals surface area contributed by atoms with Gasteiger partial charge in [-0.25, -0.2) is 4.98 Å². The second kappa shape index (κ2) is 8.59. The molecule has 1 aromatic carbocycles. The molecule has 3 aromatic heterocycles. The molecule has 4 heterocycles. The van der Waals surface area contributed by atoms with Crippen LogP contribution < -0.4 is 10.3 Å². The summed E-state index contributed by atoms with van der Waals surface area (Å²) < 4.78 is 14.6. The Kier molecular flexibility index (Phi) is 5.49. The maximum atomic E-state index is 13.0. The Hall–Kier alpha value is -3.45. The van der Waals surface area contributed by atoms with E-state index < -0.39 is 0 Å². The normalized spacial score (nSPS) is 14.7. The third kappa shape index (κ3) is 3.69. The van der Waals surface area contributed by atoms with Crippen molar-refractivity contribution < 1.29 is 9.47 Å². The number of benzene rings is 1. The van der Waals surface area contributed by atoms with E-state index in [4.69, 9.17) is 9.47 Å². The number of hydrogen-bond donors (Lipinski definition) is 0. The standard InChI is InChI=1S/C25H26N4O3/c1-28-20(14-17-5-7-18(8-6-17)23-22(31-2)4-3-11-26-23)16-29-21(25(28)30)15-27-24(29)19-9-12-32-13-10-19/h3-8,11,15-16,19H,9-10,12-14H2,1-2H3. The van der Waals surface area contributed by atoms with Crippen LogP contribution in [-0.4, -0.2) is 39.3 Å². The first-order valence-corrected chi connectivity index (χ1v) is 10.9. The van der Waals surface area contributed by atoms with Gasteiger partial charge in [0.2, 0.25) is 0 Å². The Bertz CT molecular complexity index is 1300. The van der Waals surface area contributed by atoms with E-state index in [-0.39, 0.29) is 5.56 Å². The fraction of sp³-hybridized carbons (Fsp3) is 0.320. The van der Waals surface area contributed by atoms with Gasteiger partial charge in [0.1, 0.15) is 22.8 Å². The highest BCUT2D eigenvalue weighted by molar-refractivity contribution is 5.66. The van der Waals surface area contributed by atoms with Gasteiger partial charge in [-0.3, -0.25) is 14.2 Å². The number of ether oxygens (including phenoxy) is 2. The highest BCUT2D eigenvalue weighted by Crippen LogP contribution is 2.28. The van der Waals surface area contributed by atoms with Crippen LogP contribution in [0.5, 0.6) is 5.75 Å². The zero-order chi connectivity index (χ0) is 22.1. The Morgan fingerprint density at radius 3 is 2.66 bits per heavy atom. The summed E-state index contributed by atoms with van der Waals surface area (Å²) in [5.74, 6) is 2.02. The second-order valence-corrected chi connectivity index (χ2v) is 8.17. The van der Waals surface area contributed by atoms with Crippen molar-refractivity contribution in [3.63, 3.8) is 0 Å². The Morgan fingerprint density at radius 1 is 1.12 bits per heavy atom. The van der Waals surface area contributed by atoms with Crippen LogP contribution in [0.25, 0.3) is 16.8 Å². The smallest absolute Gasteiger partial charge is 0.276 e. The van der Waals surface area contributed by atoms with E-state index in [1.165, 1.54) is 0 Å². The van der Waals surface area contributed by atoms with Crippen molar-refractivity contribution in [2.45, 2.75) is 25.2 Å². The van der Waals surface area contributed by atoms with Crippen LogP contribution in [0.4, 0.5) is 0 Å². The summed E-state index contributed by atoms with van der Waals surface area (Å²) in [7, 11) is 3.47. The third-order valence-electron chi connectivity index (χ3n) is 6.25. The van der Waals surface area contributed by atoms with Gasteiger partial charge in [0.15, 0.2) is 0 Å². The predicted octanol–water partition coefficient (Wildman–Crippen LogP) is 3.59. The summed E-state index contributed by atoms with van der Waals surface area (Å²) >= 11 is 0. The average Bonchev–Trinajstić information content (AvgIpc) is 3.27. The molecule has 1 aliphatic heterocycles. The first kappa shape index (κ1) is 20.5. The monoisotopic (exact) mass is 430 g/mol. The van der Waals surface area contributed by atoms with Gasteiger partial charge in [0.05, 0.1) is 13.3 Å². The van der Waals surface area contributed by atoms with Gasteiger partial charge in [-0.2, -0.15) is 0 Å². The number of methoxy groups -OCH3 is 1. The maximum Gasteiger partial charge on any atom is 0.276 e. The first-order valence-electron chi connectivity index (χ1n) is 10.9. The Morgan fingerprint density at radius 2 is 1.91 bits per heavy atom. The molecule has 0 radical (unpaired) electrons. The van der Waals surface area contributed by atoms with Gasteiger partial charge in [-0.05, 0) is 30.5 Å². The van der Waals surface area contributed by atoms with Gasteiger partial charge >= 0.3 is 0 Å². The van der Waals surface area contributed by atoms with Crippen molar-refractivity contribution in [3.05, 3.63) is 82.4 Å². The molecule has 0 bridgehead atoms. The van der Waals surface area contributed by atoms with Crippen LogP contribution >= 0.6 is 0 Å². The molecule has 7 heteroatoms. The van der Waals surface area contributed by atoms with Crippen molar-refractivity contribution >= 4 is 5.52 Å². The van der Waals surface area contributed by atoms with E-state index >= 15 is 0 Å². The fourth-order valence-corrected chi connectivity index (χ4v) is 4.39. The fourth-order valence-electron chi connectivity index (χ4n) is 4.39. The van der Waals surface area contributed by atoms with Gasteiger partial charge in [0.25, 0.3) is 5.56 Å². The molecule has 1 aliphatic rings. The van der Waals surface area contributed by atoms with Crippen LogP contribution in [0.1, 0.15) is 35.8 Å². The predicted molar refractivity (Wildman–Crippen MR) is 122 cm³/mol. The SMILES string of the molecule is COc1cccnc1-c1ccc(Cc2cn3c(C4CCOCC4)ncc3c(=O)n2C)cc1. The van der Waals surface area contributed by atoms with E-state index in [2.05, 4.69) is 28.3 Å². The molecule has 5 rings (SSSR count). The molecule has 7 nitrogen and oxygen atoms in total. The van der Waals surface area contributed by atoms with Crippen molar-refractivity contribution in [2.75, 3.05) is 20.3 Å². The van der Waals surface area contributed by atoms with Crippen LogP contribution in [0.2, 0.25) is 0 Å². The molecule has 1 saturated heterocycles. The quantitative estimate of drug-likeness (QED) is 0.484. The summed E-state index contributed by atoms with van der Waals surface area (Å²) in [5, 5.41) is 0. The van der Waals surface area contributed by atoms with Gasteiger partial charge in [-0.1, -0.05) is 24.3 Å². The Balaban J connectivity index is 1.47. The van der Waals surface area contributed by atoms with Crippen molar-refractivity contribution in [2.24, 2.45) is 7.05 Å². The summed E-state index contributed by atoms with van der Waals surface area (Å²) in [6.07, 6.45) is 8.03. The molecule has 0 unspecified atom stereocenters. The highest BCUT2D eigenvalue weighted by Gasteiger charge is 2.22. The number of pyridine rings is 1. The molecule has 0 N–H and O–H groups in total. The zero-order valence-electron chi connectivity index (χ0n) is 18.3. The lowest BCUT2D eigenvalue weighted by atomic mass is 9.99. The Labute approximate surface area is 186 Å². The van der Waals surface area contributed by atoms with Crippen molar-refractivity contribution in [1.82, 2.24) is 18.9 Å². The van der Waals surface area contributed by atoms with Crippen LogP contribution in [-0.2, 0) is 18.2 Å². The molecule has 1 fully saturated rings. The van der Waals surface area contributed by atoms with E-state index in [1.807, 2.05) is 35.7 Å². The van der Waals surface area contributed by atoms with E-state index in [1.54, 1.807) is 24.1 Å². The molecule has 164 valence electrons. The topological polar surface area (TPSA) is 70.7 Å². The lowest BCUT2D eigenvalue weighted by Gasteiger charge is -2.21. The highest BCUT2D eigenvalue weighted by atomic mass is 16.5. The average molecular weight is 431 g/mol. The summed E-state index contributed by atoms with van der Waals surface area (Å²) in [6, 6.07) is 12.0. The van der Waals surface area contributed by atoms with Crippen LogP contribution in [0, 0.1) is 0 Å². The summed E-state index contributed by atoms with van der Waals surface area (Å²) in [4.78, 5) is 22.1. The van der Waals surface area contributed by atoms with Crippen molar-refractivity contribution in [1.29, 1.82) is 0 Å². The summed E-state index contributed by atoms with van der Waals surface area (Å²) in [5.41, 5.74) is 4.46. The molecular formula is C25H26N4O3. The van der Waals surface area contributed by atoms with Crippen LogP contribution in [0.15, 0.2) is 59.8 Å². The number of aromatic nitrogens is 4. The minimum Gasteiger partial charge on any atom is -0.494 e. The zero-order valence-corrected chi connectivity index (χ0v) is 18.3. The number of nitrogens with zero attached hydrogens (tertiary/aromatic N) is 4. The third-order valence-corrected chi connectivity index (χ3v) is 6.25. The number of hydrogen-bond acceptors (Lipinski definition) is 5.